The zero-order valence-corrected chi connectivity index (χ0v) is 17.7. The molecule has 0 radical (unpaired) electrons. The van der Waals surface area contributed by atoms with Crippen LogP contribution in [-0.2, 0) is 20.1 Å². The van der Waals surface area contributed by atoms with E-state index in [1.54, 1.807) is 11.1 Å². The summed E-state index contributed by atoms with van der Waals surface area (Å²) in [4.78, 5) is 0. The summed E-state index contributed by atoms with van der Waals surface area (Å²) in [5.41, 5.74) is 5.96. The Bertz CT molecular complexity index is 762. The van der Waals surface area contributed by atoms with Gasteiger partial charge in [0.1, 0.15) is 0 Å². The fourth-order valence-electron chi connectivity index (χ4n) is 3.86. The second kappa shape index (κ2) is 5.90. The van der Waals surface area contributed by atoms with Gasteiger partial charge in [0.15, 0.2) is 0 Å². The van der Waals surface area contributed by atoms with Gasteiger partial charge in [0.25, 0.3) is 0 Å². The molecule has 0 nitrogen and oxygen atoms in total. The van der Waals surface area contributed by atoms with E-state index in [0.29, 0.717) is 0 Å². The van der Waals surface area contributed by atoms with Crippen LogP contribution in [0, 0.1) is 0 Å². The monoisotopic (exact) mass is 468 g/mol. The first-order chi connectivity index (χ1) is 10.8. The van der Waals surface area contributed by atoms with Gasteiger partial charge < -0.3 is 0 Å². The van der Waals surface area contributed by atoms with Crippen molar-refractivity contribution < 1.29 is 20.1 Å². The van der Waals surface area contributed by atoms with E-state index in [0.717, 1.165) is 7.35 Å². The third-order valence-electron chi connectivity index (χ3n) is 4.85. The minimum atomic E-state index is -1.85. The Kier molecular flexibility index (Phi) is 3.91. The van der Waals surface area contributed by atoms with Crippen molar-refractivity contribution in [2.45, 2.75) is 20.4 Å². The van der Waals surface area contributed by atoms with Crippen LogP contribution in [0.4, 0.5) is 0 Å². The summed E-state index contributed by atoms with van der Waals surface area (Å²) in [6.07, 6.45) is 9.83. The van der Waals surface area contributed by atoms with Crippen molar-refractivity contribution in [3.63, 3.8) is 0 Å². The summed E-state index contributed by atoms with van der Waals surface area (Å²) in [5, 5.41) is 0. The molecule has 0 saturated heterocycles. The Balaban J connectivity index is 1.82. The second-order valence-corrected chi connectivity index (χ2v) is 31.6. The molecule has 0 heterocycles. The van der Waals surface area contributed by atoms with Gasteiger partial charge in [-0.2, -0.15) is 0 Å². The normalized spacial score (nSPS) is 20.8. The third kappa shape index (κ3) is 2.37. The summed E-state index contributed by atoms with van der Waals surface area (Å²) in [6.45, 7) is 5.13. The zero-order chi connectivity index (χ0) is 15.1. The van der Waals surface area contributed by atoms with Crippen LogP contribution < -0.4 is 0 Å². The Morgan fingerprint density at radius 3 is 1.64 bits per heavy atom. The minimum absolute atomic E-state index is 0.212. The van der Waals surface area contributed by atoms with E-state index in [1.807, 2.05) is 0 Å². The van der Waals surface area contributed by atoms with E-state index < -0.39 is 20.1 Å². The molecule has 2 aliphatic carbocycles. The van der Waals surface area contributed by atoms with Crippen molar-refractivity contribution in [1.29, 1.82) is 0 Å². The number of hydrogen-bond donors (Lipinski definition) is 0. The van der Waals surface area contributed by atoms with Crippen molar-refractivity contribution in [1.82, 2.24) is 0 Å². The van der Waals surface area contributed by atoms with Crippen LogP contribution in [0.1, 0.15) is 29.6 Å². The molecule has 0 aromatic heterocycles. The maximum absolute atomic E-state index is 2.57. The van der Waals surface area contributed by atoms with Gasteiger partial charge in [-0.05, 0) is 0 Å². The first kappa shape index (κ1) is 14.6. The van der Waals surface area contributed by atoms with Gasteiger partial charge in [-0.25, -0.2) is 0 Å². The molecule has 0 fully saturated rings. The second-order valence-electron chi connectivity index (χ2n) is 6.39. The Morgan fingerprint density at radius 1 is 0.727 bits per heavy atom. The van der Waals surface area contributed by atoms with Gasteiger partial charge in [0.2, 0.25) is 0 Å². The molecule has 0 saturated carbocycles. The van der Waals surface area contributed by atoms with E-state index in [9.17, 15) is 0 Å². The van der Waals surface area contributed by atoms with Gasteiger partial charge in [-0.1, -0.05) is 0 Å². The first-order valence-corrected chi connectivity index (χ1v) is 20.0. The molecule has 108 valence electrons. The van der Waals surface area contributed by atoms with Crippen LogP contribution in [0.3, 0.4) is 0 Å². The zero-order valence-electron chi connectivity index (χ0n) is 13.1. The first-order valence-electron chi connectivity index (χ1n) is 7.97. The molecule has 0 bridgehead atoms. The molecule has 22 heavy (non-hydrogen) atoms. The molecule has 4 rings (SSSR count). The number of benzene rings is 2. The molecule has 0 N–H and O–H groups in total. The molecular weight excluding hydrogens is 447 g/mol. The molecule has 2 aliphatic rings. The van der Waals surface area contributed by atoms with Crippen LogP contribution in [0.25, 0.3) is 12.2 Å². The Morgan fingerprint density at radius 2 is 1.18 bits per heavy atom. The summed E-state index contributed by atoms with van der Waals surface area (Å²) in [5.74, 6) is 0. The van der Waals surface area contributed by atoms with Crippen molar-refractivity contribution >= 4 is 17.6 Å². The van der Waals surface area contributed by atoms with Crippen molar-refractivity contribution in [3.8, 4) is 0 Å². The van der Waals surface area contributed by atoms with E-state index in [4.69, 9.17) is 0 Å². The molecule has 2 aromatic carbocycles. The van der Waals surface area contributed by atoms with Gasteiger partial charge in [0.05, 0.1) is 0 Å². The van der Waals surface area contributed by atoms with Gasteiger partial charge in [-0.3, -0.25) is 0 Å². The Hall–Kier alpha value is -0.993. The predicted molar refractivity (Wildman–Crippen MR) is 93.9 cm³/mol. The number of allylic oxidation sites excluding steroid dienone is 2. The molecule has 0 amide bonds. The van der Waals surface area contributed by atoms with Gasteiger partial charge >= 0.3 is 141 Å². The quantitative estimate of drug-likeness (QED) is 0.520. The maximum atomic E-state index is 2.57. The van der Waals surface area contributed by atoms with Gasteiger partial charge in [0, 0.05) is 0 Å². The van der Waals surface area contributed by atoms with Crippen molar-refractivity contribution in [2.24, 2.45) is 0 Å². The summed E-state index contributed by atoms with van der Waals surface area (Å²) in [6, 6.07) is 18.1. The van der Waals surface area contributed by atoms with E-state index in [-0.39, 0.29) is 5.49 Å². The molecule has 0 spiro atoms. The topological polar surface area (TPSA) is 0 Å². The molecule has 2 heteroatoms. The summed E-state index contributed by atoms with van der Waals surface area (Å²) >= 11 is -1.85. The van der Waals surface area contributed by atoms with Crippen molar-refractivity contribution in [3.05, 3.63) is 82.9 Å². The summed E-state index contributed by atoms with van der Waals surface area (Å²) < 4.78 is 1.57. The van der Waals surface area contributed by atoms with Crippen molar-refractivity contribution in [2.75, 3.05) is 0 Å². The summed E-state index contributed by atoms with van der Waals surface area (Å²) in [7, 11) is 0. The van der Waals surface area contributed by atoms with E-state index in [2.05, 4.69) is 85.9 Å². The van der Waals surface area contributed by atoms with Crippen LogP contribution in [0.5, 0.6) is 0 Å². The molecular formula is C20H20HfSi. The standard InChI is InChI=1S/2C9H7.C2H6Si.Hf/c2*1-2-5-9-7-3-6-8(9)4-1;1-3-2;/h2*1-7H;1-2H3;. The average molecular weight is 467 g/mol. The van der Waals surface area contributed by atoms with Crippen LogP contribution in [0.2, 0.25) is 13.1 Å². The van der Waals surface area contributed by atoms with E-state index in [1.165, 1.54) is 11.1 Å². The van der Waals surface area contributed by atoms with Gasteiger partial charge in [-0.15, -0.1) is 0 Å². The fraction of sp³-hybridized carbons (Fsp3) is 0.200. The molecule has 2 aromatic rings. The van der Waals surface area contributed by atoms with Crippen LogP contribution >= 0.6 is 0 Å². The fourth-order valence-corrected chi connectivity index (χ4v) is 30.5. The van der Waals surface area contributed by atoms with Crippen LogP contribution in [-0.4, -0.2) is 5.49 Å². The average Bonchev–Trinajstić information content (AvgIpc) is 3.13. The SMILES string of the molecule is C[Si](C)=[Hf]([CH]1C=Cc2ccccc21)[CH]1C=Cc2ccccc21. The number of fused-ring (bicyclic) bond motifs is 2. The molecule has 0 aliphatic heterocycles. The predicted octanol–water partition coefficient (Wildman–Crippen LogP) is 5.39. The van der Waals surface area contributed by atoms with E-state index >= 15 is 0 Å². The van der Waals surface area contributed by atoms with Crippen LogP contribution in [0.15, 0.2) is 60.7 Å². The number of rotatable bonds is 2. The Labute approximate surface area is 140 Å². The third-order valence-corrected chi connectivity index (χ3v) is 32.0. The number of hydrogen-bond acceptors (Lipinski definition) is 0. The molecule has 2 atom stereocenters. The molecule has 2 unspecified atom stereocenters.